The Balaban J connectivity index is 2.02. The van der Waals surface area contributed by atoms with Gasteiger partial charge in [-0.2, -0.15) is 5.10 Å². The van der Waals surface area contributed by atoms with Crippen LogP contribution in [0.2, 0.25) is 0 Å². The Morgan fingerprint density at radius 3 is 2.89 bits per heavy atom. The van der Waals surface area contributed by atoms with Gasteiger partial charge >= 0.3 is 0 Å². The quantitative estimate of drug-likeness (QED) is 0.303. The number of amides is 1. The van der Waals surface area contributed by atoms with Gasteiger partial charge in [0.15, 0.2) is 0 Å². The summed E-state index contributed by atoms with van der Waals surface area (Å²) in [5.41, 5.74) is 2.63. The molecule has 1 aliphatic rings. The predicted octanol–water partition coefficient (Wildman–Crippen LogP) is 3.81. The van der Waals surface area contributed by atoms with E-state index in [2.05, 4.69) is 29.6 Å². The van der Waals surface area contributed by atoms with Crippen LogP contribution in [-0.2, 0) is 4.79 Å². The number of nitrogens with zero attached hydrogens (tertiary/aromatic N) is 1. The molecule has 0 radical (unpaired) electrons. The van der Waals surface area contributed by atoms with E-state index in [1.807, 2.05) is 6.21 Å². The second-order valence-corrected chi connectivity index (χ2v) is 5.02. The van der Waals surface area contributed by atoms with Gasteiger partial charge in [0.2, 0.25) is 5.91 Å². The lowest BCUT2D eigenvalue weighted by molar-refractivity contribution is -0.121. The normalized spacial score (nSPS) is 19.3. The molecule has 1 aliphatic carbocycles. The summed E-state index contributed by atoms with van der Waals surface area (Å²) in [5, 5.41) is 4.05. The summed E-state index contributed by atoms with van der Waals surface area (Å²) in [7, 11) is 0. The number of carbonyl (C=O) groups excluding carboxylic acids is 1. The maximum absolute atomic E-state index is 11.5. The fraction of sp³-hybridized carbons (Fsp3) is 0.733. The Bertz CT molecular complexity index is 284. The van der Waals surface area contributed by atoms with Crippen molar-refractivity contribution in [1.82, 2.24) is 5.43 Å². The standard InChI is InChI=1S/C15H26N2O/c1-2-3-4-5-9-12-15(18)17-16-13-14-10-7-6-8-11-14/h6-7,13-14H,2-5,8-12H2,1H3,(H,17,18)/b16-13-/t14-/m1/s1. The van der Waals surface area contributed by atoms with Gasteiger partial charge in [-0.1, -0.05) is 44.8 Å². The van der Waals surface area contributed by atoms with Gasteiger partial charge in [0, 0.05) is 12.6 Å². The summed E-state index contributed by atoms with van der Waals surface area (Å²) in [4.78, 5) is 11.5. The number of hydrogen-bond acceptors (Lipinski definition) is 2. The SMILES string of the molecule is CCCCCCCC(=O)N/N=C\[C@@H]1CC=CCC1. The zero-order valence-electron chi connectivity index (χ0n) is 11.5. The highest BCUT2D eigenvalue weighted by molar-refractivity contribution is 5.76. The van der Waals surface area contributed by atoms with Crippen molar-refractivity contribution in [2.24, 2.45) is 11.0 Å². The molecule has 18 heavy (non-hydrogen) atoms. The topological polar surface area (TPSA) is 41.5 Å². The number of allylic oxidation sites excluding steroid dienone is 2. The summed E-state index contributed by atoms with van der Waals surface area (Å²) in [5.74, 6) is 0.550. The molecule has 0 aromatic carbocycles. The fourth-order valence-corrected chi connectivity index (χ4v) is 2.11. The Labute approximate surface area is 111 Å². The van der Waals surface area contributed by atoms with E-state index in [-0.39, 0.29) is 5.91 Å². The van der Waals surface area contributed by atoms with Crippen molar-refractivity contribution in [3.63, 3.8) is 0 Å². The Morgan fingerprint density at radius 1 is 1.33 bits per heavy atom. The third-order valence-electron chi connectivity index (χ3n) is 3.29. The molecule has 102 valence electrons. The van der Waals surface area contributed by atoms with Crippen LogP contribution in [0, 0.1) is 5.92 Å². The Kier molecular flexibility index (Phi) is 8.19. The molecule has 1 N–H and O–H groups in total. The largest absolute Gasteiger partial charge is 0.273 e. The van der Waals surface area contributed by atoms with Gasteiger partial charge in [0.25, 0.3) is 0 Å². The van der Waals surface area contributed by atoms with E-state index in [4.69, 9.17) is 0 Å². The molecule has 0 saturated carbocycles. The number of hydrazone groups is 1. The fourth-order valence-electron chi connectivity index (χ4n) is 2.11. The summed E-state index contributed by atoms with van der Waals surface area (Å²) in [6.45, 7) is 2.20. The van der Waals surface area contributed by atoms with Crippen LogP contribution in [0.1, 0.15) is 64.7 Å². The molecule has 0 saturated heterocycles. The van der Waals surface area contributed by atoms with Crippen molar-refractivity contribution in [3.8, 4) is 0 Å². The first kappa shape index (κ1) is 14.9. The Hall–Kier alpha value is -1.12. The van der Waals surface area contributed by atoms with Crippen molar-refractivity contribution < 1.29 is 4.79 Å². The van der Waals surface area contributed by atoms with E-state index in [1.165, 1.54) is 19.3 Å². The highest BCUT2D eigenvalue weighted by atomic mass is 16.2. The van der Waals surface area contributed by atoms with Crippen LogP contribution < -0.4 is 5.43 Å². The monoisotopic (exact) mass is 250 g/mol. The minimum absolute atomic E-state index is 0.0501. The van der Waals surface area contributed by atoms with Crippen LogP contribution >= 0.6 is 0 Å². The molecule has 0 aromatic heterocycles. The zero-order chi connectivity index (χ0) is 13.1. The number of hydrogen-bond donors (Lipinski definition) is 1. The molecule has 0 spiro atoms. The highest BCUT2D eigenvalue weighted by Crippen LogP contribution is 2.15. The first-order valence-electron chi connectivity index (χ1n) is 7.30. The van der Waals surface area contributed by atoms with Crippen LogP contribution in [0.25, 0.3) is 0 Å². The number of unbranched alkanes of at least 4 members (excludes halogenated alkanes) is 4. The smallest absolute Gasteiger partial charge is 0.240 e. The van der Waals surface area contributed by atoms with E-state index in [0.29, 0.717) is 12.3 Å². The van der Waals surface area contributed by atoms with Crippen molar-refractivity contribution in [2.75, 3.05) is 0 Å². The summed E-state index contributed by atoms with van der Waals surface area (Å²) < 4.78 is 0. The molecule has 0 aromatic rings. The summed E-state index contributed by atoms with van der Waals surface area (Å²) in [6.07, 6.45) is 16.1. The lowest BCUT2D eigenvalue weighted by Crippen LogP contribution is -2.18. The molecule has 0 unspecified atom stereocenters. The molecule has 3 nitrogen and oxygen atoms in total. The van der Waals surface area contributed by atoms with Gasteiger partial charge in [-0.05, 0) is 31.6 Å². The Morgan fingerprint density at radius 2 is 2.17 bits per heavy atom. The number of rotatable bonds is 8. The molecule has 0 bridgehead atoms. The summed E-state index contributed by atoms with van der Waals surface area (Å²) in [6, 6.07) is 0. The first-order valence-corrected chi connectivity index (χ1v) is 7.30. The van der Waals surface area contributed by atoms with Crippen LogP contribution in [0.3, 0.4) is 0 Å². The van der Waals surface area contributed by atoms with Gasteiger partial charge in [0.05, 0.1) is 0 Å². The van der Waals surface area contributed by atoms with Crippen LogP contribution in [-0.4, -0.2) is 12.1 Å². The summed E-state index contributed by atoms with van der Waals surface area (Å²) >= 11 is 0. The molecule has 0 aliphatic heterocycles. The van der Waals surface area contributed by atoms with Crippen molar-refractivity contribution in [3.05, 3.63) is 12.2 Å². The molecular weight excluding hydrogens is 224 g/mol. The average Bonchev–Trinajstić information content (AvgIpc) is 2.40. The highest BCUT2D eigenvalue weighted by Gasteiger charge is 2.06. The number of nitrogens with one attached hydrogen (secondary N) is 1. The van der Waals surface area contributed by atoms with Crippen LogP contribution in [0.5, 0.6) is 0 Å². The van der Waals surface area contributed by atoms with E-state index < -0.39 is 0 Å². The minimum atomic E-state index is 0.0501. The van der Waals surface area contributed by atoms with E-state index in [0.717, 1.165) is 32.1 Å². The third kappa shape index (κ3) is 7.25. The third-order valence-corrected chi connectivity index (χ3v) is 3.29. The van der Waals surface area contributed by atoms with Gasteiger partial charge < -0.3 is 0 Å². The maximum Gasteiger partial charge on any atom is 0.240 e. The predicted molar refractivity (Wildman–Crippen MR) is 76.5 cm³/mol. The number of carbonyl (C=O) groups is 1. The van der Waals surface area contributed by atoms with Crippen molar-refractivity contribution >= 4 is 12.1 Å². The van der Waals surface area contributed by atoms with E-state index >= 15 is 0 Å². The van der Waals surface area contributed by atoms with Gasteiger partial charge in [-0.3, -0.25) is 4.79 Å². The maximum atomic E-state index is 11.5. The second kappa shape index (κ2) is 9.86. The lowest BCUT2D eigenvalue weighted by atomic mass is 9.96. The zero-order valence-corrected chi connectivity index (χ0v) is 11.5. The molecule has 1 amide bonds. The molecular formula is C15H26N2O. The first-order chi connectivity index (χ1) is 8.83. The molecule has 3 heteroatoms. The van der Waals surface area contributed by atoms with Crippen molar-refractivity contribution in [2.45, 2.75) is 64.7 Å². The van der Waals surface area contributed by atoms with Crippen LogP contribution in [0.4, 0.5) is 0 Å². The molecule has 1 atom stereocenters. The van der Waals surface area contributed by atoms with Gasteiger partial charge in [-0.25, -0.2) is 5.43 Å². The molecule has 0 fully saturated rings. The van der Waals surface area contributed by atoms with Gasteiger partial charge in [0.1, 0.15) is 0 Å². The second-order valence-electron chi connectivity index (χ2n) is 5.02. The lowest BCUT2D eigenvalue weighted by Gasteiger charge is -2.11. The van der Waals surface area contributed by atoms with E-state index in [9.17, 15) is 4.79 Å². The molecule has 0 heterocycles. The average molecular weight is 250 g/mol. The minimum Gasteiger partial charge on any atom is -0.273 e. The van der Waals surface area contributed by atoms with E-state index in [1.54, 1.807) is 0 Å². The van der Waals surface area contributed by atoms with Crippen molar-refractivity contribution in [1.29, 1.82) is 0 Å². The van der Waals surface area contributed by atoms with Gasteiger partial charge in [-0.15, -0.1) is 0 Å². The van der Waals surface area contributed by atoms with Crippen LogP contribution in [0.15, 0.2) is 17.3 Å². The molecule has 1 rings (SSSR count).